The zero-order chi connectivity index (χ0) is 13.9. The van der Waals surface area contributed by atoms with Crippen LogP contribution in [0.1, 0.15) is 27.5 Å². The minimum atomic E-state index is -0.176. The SMILES string of the molecule is CNc1cnc(C(=O)NCC2Cc3ccccc32)cn1. The van der Waals surface area contributed by atoms with Gasteiger partial charge >= 0.3 is 0 Å². The highest BCUT2D eigenvalue weighted by atomic mass is 16.1. The maximum atomic E-state index is 12.0. The molecule has 1 aliphatic rings. The van der Waals surface area contributed by atoms with Crippen LogP contribution < -0.4 is 10.6 Å². The smallest absolute Gasteiger partial charge is 0.271 e. The van der Waals surface area contributed by atoms with E-state index in [2.05, 4.69) is 32.7 Å². The number of rotatable bonds is 4. The topological polar surface area (TPSA) is 66.9 Å². The number of anilines is 1. The Morgan fingerprint density at radius 2 is 2.15 bits per heavy atom. The van der Waals surface area contributed by atoms with Gasteiger partial charge in [0.1, 0.15) is 11.5 Å². The van der Waals surface area contributed by atoms with E-state index in [4.69, 9.17) is 0 Å². The molecular weight excluding hydrogens is 252 g/mol. The van der Waals surface area contributed by atoms with Gasteiger partial charge in [0.2, 0.25) is 0 Å². The van der Waals surface area contributed by atoms with Crippen molar-refractivity contribution >= 4 is 11.7 Å². The lowest BCUT2D eigenvalue weighted by atomic mass is 9.77. The summed E-state index contributed by atoms with van der Waals surface area (Å²) in [6.45, 7) is 0.644. The molecule has 0 spiro atoms. The lowest BCUT2D eigenvalue weighted by molar-refractivity contribution is 0.0944. The van der Waals surface area contributed by atoms with Crippen molar-refractivity contribution in [2.45, 2.75) is 12.3 Å². The first-order valence-electron chi connectivity index (χ1n) is 6.63. The molecule has 5 heteroatoms. The van der Waals surface area contributed by atoms with Crippen LogP contribution in [0, 0.1) is 0 Å². The van der Waals surface area contributed by atoms with Crippen molar-refractivity contribution in [2.24, 2.45) is 0 Å². The van der Waals surface area contributed by atoms with Crippen molar-refractivity contribution in [3.8, 4) is 0 Å². The fourth-order valence-corrected chi connectivity index (χ4v) is 2.43. The van der Waals surface area contributed by atoms with E-state index in [1.54, 1.807) is 13.2 Å². The normalized spacial score (nSPS) is 15.9. The van der Waals surface area contributed by atoms with Crippen LogP contribution in [-0.4, -0.2) is 29.5 Å². The van der Waals surface area contributed by atoms with Gasteiger partial charge in [-0.2, -0.15) is 0 Å². The van der Waals surface area contributed by atoms with Gasteiger partial charge in [0.15, 0.2) is 0 Å². The van der Waals surface area contributed by atoms with Crippen molar-refractivity contribution in [1.82, 2.24) is 15.3 Å². The molecule has 0 aliphatic heterocycles. The quantitative estimate of drug-likeness (QED) is 0.883. The lowest BCUT2D eigenvalue weighted by Crippen LogP contribution is -2.33. The summed E-state index contributed by atoms with van der Waals surface area (Å²) < 4.78 is 0. The minimum Gasteiger partial charge on any atom is -0.372 e. The molecule has 1 amide bonds. The molecule has 2 aromatic rings. The van der Waals surface area contributed by atoms with Gasteiger partial charge in [0.25, 0.3) is 5.91 Å². The fourth-order valence-electron chi connectivity index (χ4n) is 2.43. The van der Waals surface area contributed by atoms with Crippen molar-refractivity contribution in [3.63, 3.8) is 0 Å². The Morgan fingerprint density at radius 1 is 1.30 bits per heavy atom. The van der Waals surface area contributed by atoms with Crippen molar-refractivity contribution in [1.29, 1.82) is 0 Å². The summed E-state index contributed by atoms with van der Waals surface area (Å²) in [6, 6.07) is 8.34. The van der Waals surface area contributed by atoms with Gasteiger partial charge in [-0.25, -0.2) is 9.97 Å². The first-order valence-corrected chi connectivity index (χ1v) is 6.63. The number of hydrogen-bond donors (Lipinski definition) is 2. The molecule has 0 saturated carbocycles. The highest BCUT2D eigenvalue weighted by Crippen LogP contribution is 2.33. The number of nitrogens with zero attached hydrogens (tertiary/aromatic N) is 2. The number of hydrogen-bond acceptors (Lipinski definition) is 4. The number of fused-ring (bicyclic) bond motifs is 1. The minimum absolute atomic E-state index is 0.176. The van der Waals surface area contributed by atoms with Crippen LogP contribution in [-0.2, 0) is 6.42 Å². The van der Waals surface area contributed by atoms with Gasteiger partial charge in [-0.05, 0) is 17.5 Å². The molecule has 1 aromatic heterocycles. The predicted octanol–water partition coefficient (Wildman–Crippen LogP) is 1.59. The summed E-state index contributed by atoms with van der Waals surface area (Å²) in [5.74, 6) is 0.888. The Labute approximate surface area is 117 Å². The van der Waals surface area contributed by atoms with Gasteiger partial charge in [-0.15, -0.1) is 0 Å². The molecule has 1 atom stereocenters. The van der Waals surface area contributed by atoms with Crippen LogP contribution >= 0.6 is 0 Å². The first-order chi connectivity index (χ1) is 9.78. The maximum absolute atomic E-state index is 12.0. The molecule has 1 unspecified atom stereocenters. The zero-order valence-corrected chi connectivity index (χ0v) is 11.3. The molecule has 0 bridgehead atoms. The van der Waals surface area contributed by atoms with Gasteiger partial charge in [0, 0.05) is 19.5 Å². The average molecular weight is 268 g/mol. The fraction of sp³-hybridized carbons (Fsp3) is 0.267. The van der Waals surface area contributed by atoms with Gasteiger partial charge < -0.3 is 10.6 Å². The molecule has 0 saturated heterocycles. The van der Waals surface area contributed by atoms with E-state index < -0.39 is 0 Å². The molecule has 1 heterocycles. The zero-order valence-electron chi connectivity index (χ0n) is 11.3. The van der Waals surface area contributed by atoms with Crippen LogP contribution in [0.4, 0.5) is 5.82 Å². The number of amides is 1. The first kappa shape index (κ1) is 12.6. The Balaban J connectivity index is 1.58. The molecule has 1 aliphatic carbocycles. The third kappa shape index (κ3) is 2.34. The summed E-state index contributed by atoms with van der Waals surface area (Å²) in [5, 5.41) is 5.78. The summed E-state index contributed by atoms with van der Waals surface area (Å²) in [6.07, 6.45) is 4.06. The number of carbonyl (C=O) groups is 1. The summed E-state index contributed by atoms with van der Waals surface area (Å²) in [5.41, 5.74) is 3.06. The highest BCUT2D eigenvalue weighted by Gasteiger charge is 2.25. The number of carbonyl (C=O) groups excluding carboxylic acids is 1. The van der Waals surface area contributed by atoms with Crippen LogP contribution in [0.2, 0.25) is 0 Å². The van der Waals surface area contributed by atoms with Crippen LogP contribution in [0.3, 0.4) is 0 Å². The average Bonchev–Trinajstić information content (AvgIpc) is 2.48. The molecule has 5 nitrogen and oxygen atoms in total. The Morgan fingerprint density at radius 3 is 2.85 bits per heavy atom. The summed E-state index contributed by atoms with van der Waals surface area (Å²) in [7, 11) is 1.76. The monoisotopic (exact) mass is 268 g/mol. The van der Waals surface area contributed by atoms with E-state index in [0.29, 0.717) is 24.0 Å². The van der Waals surface area contributed by atoms with Crippen molar-refractivity contribution < 1.29 is 4.79 Å². The Hall–Kier alpha value is -2.43. The molecule has 102 valence electrons. The molecule has 1 aromatic carbocycles. The van der Waals surface area contributed by atoms with Crippen LogP contribution in [0.25, 0.3) is 0 Å². The predicted molar refractivity (Wildman–Crippen MR) is 76.8 cm³/mol. The summed E-state index contributed by atoms with van der Waals surface area (Å²) >= 11 is 0. The standard InChI is InChI=1S/C15H16N4O/c1-16-14-9-17-13(8-18-14)15(20)19-7-11-6-10-4-2-3-5-12(10)11/h2-5,8-9,11H,6-7H2,1H3,(H,16,18)(H,19,20). The highest BCUT2D eigenvalue weighted by molar-refractivity contribution is 5.92. The second kappa shape index (κ2) is 5.28. The van der Waals surface area contributed by atoms with Crippen molar-refractivity contribution in [2.75, 3.05) is 18.9 Å². The largest absolute Gasteiger partial charge is 0.372 e. The van der Waals surface area contributed by atoms with Crippen LogP contribution in [0.15, 0.2) is 36.7 Å². The van der Waals surface area contributed by atoms with E-state index in [1.165, 1.54) is 17.3 Å². The number of nitrogens with one attached hydrogen (secondary N) is 2. The third-order valence-electron chi connectivity index (χ3n) is 3.61. The Bertz CT molecular complexity index is 624. The second-order valence-corrected chi connectivity index (χ2v) is 4.85. The lowest BCUT2D eigenvalue weighted by Gasteiger charge is -2.30. The Kier molecular flexibility index (Phi) is 3.33. The molecular formula is C15H16N4O. The third-order valence-corrected chi connectivity index (χ3v) is 3.61. The van der Waals surface area contributed by atoms with E-state index in [9.17, 15) is 4.79 Å². The van der Waals surface area contributed by atoms with Gasteiger partial charge in [-0.1, -0.05) is 24.3 Å². The van der Waals surface area contributed by atoms with E-state index in [-0.39, 0.29) is 5.91 Å². The summed E-state index contributed by atoms with van der Waals surface area (Å²) in [4.78, 5) is 20.1. The van der Waals surface area contributed by atoms with E-state index in [0.717, 1.165) is 6.42 Å². The van der Waals surface area contributed by atoms with Crippen LogP contribution in [0.5, 0.6) is 0 Å². The molecule has 20 heavy (non-hydrogen) atoms. The van der Waals surface area contributed by atoms with Gasteiger partial charge in [0.05, 0.1) is 12.4 Å². The van der Waals surface area contributed by atoms with Crippen molar-refractivity contribution in [3.05, 3.63) is 53.5 Å². The molecule has 2 N–H and O–H groups in total. The second-order valence-electron chi connectivity index (χ2n) is 4.85. The number of benzene rings is 1. The van der Waals surface area contributed by atoms with E-state index >= 15 is 0 Å². The molecule has 0 radical (unpaired) electrons. The number of aromatic nitrogens is 2. The molecule has 3 rings (SSSR count). The molecule has 0 fully saturated rings. The van der Waals surface area contributed by atoms with Gasteiger partial charge in [-0.3, -0.25) is 4.79 Å². The van der Waals surface area contributed by atoms with E-state index in [1.807, 2.05) is 12.1 Å². The maximum Gasteiger partial charge on any atom is 0.271 e.